The van der Waals surface area contributed by atoms with E-state index in [1.165, 1.54) is 5.70 Å². The molecule has 2 heterocycles. The lowest BCUT2D eigenvalue weighted by Crippen LogP contribution is -2.23. The summed E-state index contributed by atoms with van der Waals surface area (Å²) in [5.74, 6) is 0.279. The molecule has 88 valence electrons. The molecule has 0 radical (unpaired) electrons. The normalized spacial score (nSPS) is 22.2. The molecule has 1 aromatic rings. The molecule has 3 rings (SSSR count). The van der Waals surface area contributed by atoms with Gasteiger partial charge in [0, 0.05) is 17.8 Å². The number of carbonyl (C=O) groups excluding carboxylic acids is 1. The molecule has 1 saturated heterocycles. The zero-order chi connectivity index (χ0) is 12.0. The molecule has 0 aliphatic carbocycles. The summed E-state index contributed by atoms with van der Waals surface area (Å²) in [6, 6.07) is 10.1. The first-order chi connectivity index (χ1) is 8.07. The van der Waals surface area contributed by atoms with Gasteiger partial charge in [0.15, 0.2) is 5.78 Å². The van der Waals surface area contributed by atoms with Crippen molar-refractivity contribution in [2.75, 3.05) is 13.1 Å². The zero-order valence-electron chi connectivity index (χ0n) is 10.4. The van der Waals surface area contributed by atoms with Crippen LogP contribution in [-0.4, -0.2) is 23.8 Å². The quantitative estimate of drug-likeness (QED) is 0.735. The highest BCUT2D eigenvalue weighted by Gasteiger charge is 2.41. The lowest BCUT2D eigenvalue weighted by Gasteiger charge is -2.17. The van der Waals surface area contributed by atoms with Crippen LogP contribution >= 0.6 is 0 Å². The van der Waals surface area contributed by atoms with Gasteiger partial charge in [-0.15, -0.1) is 0 Å². The molecular weight excluding hydrogens is 210 g/mol. The molecule has 0 N–H and O–H groups in total. The van der Waals surface area contributed by atoms with E-state index in [0.717, 1.165) is 24.1 Å². The SMILES string of the molecule is CC1(C)CC2=C(c3ccccc3)C(=O)CN2C1. The van der Waals surface area contributed by atoms with Crippen molar-refractivity contribution in [2.24, 2.45) is 5.41 Å². The van der Waals surface area contributed by atoms with Gasteiger partial charge in [-0.2, -0.15) is 0 Å². The van der Waals surface area contributed by atoms with Crippen molar-refractivity contribution in [1.82, 2.24) is 4.90 Å². The summed E-state index contributed by atoms with van der Waals surface area (Å²) in [7, 11) is 0. The fraction of sp³-hybridized carbons (Fsp3) is 0.400. The lowest BCUT2D eigenvalue weighted by atomic mass is 9.89. The summed E-state index contributed by atoms with van der Waals surface area (Å²) in [6.45, 7) is 6.12. The predicted octanol–water partition coefficient (Wildman–Crippen LogP) is 2.71. The summed E-state index contributed by atoms with van der Waals surface area (Å²) in [6.07, 6.45) is 1.02. The van der Waals surface area contributed by atoms with Crippen molar-refractivity contribution in [1.29, 1.82) is 0 Å². The Morgan fingerprint density at radius 2 is 1.88 bits per heavy atom. The number of hydrogen-bond acceptors (Lipinski definition) is 2. The van der Waals surface area contributed by atoms with E-state index in [9.17, 15) is 4.79 Å². The van der Waals surface area contributed by atoms with Gasteiger partial charge in [-0.05, 0) is 17.4 Å². The Balaban J connectivity index is 2.09. The van der Waals surface area contributed by atoms with Gasteiger partial charge in [-0.1, -0.05) is 44.2 Å². The van der Waals surface area contributed by atoms with E-state index in [0.29, 0.717) is 12.0 Å². The van der Waals surface area contributed by atoms with E-state index in [-0.39, 0.29) is 5.78 Å². The zero-order valence-corrected chi connectivity index (χ0v) is 10.4. The van der Waals surface area contributed by atoms with Gasteiger partial charge in [-0.25, -0.2) is 0 Å². The van der Waals surface area contributed by atoms with Gasteiger partial charge in [0.05, 0.1) is 6.54 Å². The van der Waals surface area contributed by atoms with E-state index >= 15 is 0 Å². The van der Waals surface area contributed by atoms with Crippen LogP contribution in [0.15, 0.2) is 36.0 Å². The van der Waals surface area contributed by atoms with Crippen molar-refractivity contribution in [3.63, 3.8) is 0 Å². The number of Topliss-reactive ketones (excluding diaryl/α,β-unsaturated/α-hetero) is 1. The second-order valence-corrected chi connectivity index (χ2v) is 5.81. The number of nitrogens with zero attached hydrogens (tertiary/aromatic N) is 1. The molecule has 2 aliphatic rings. The molecule has 0 spiro atoms. The number of ketones is 1. The number of hydrogen-bond donors (Lipinski definition) is 0. The van der Waals surface area contributed by atoms with Crippen LogP contribution in [-0.2, 0) is 4.79 Å². The van der Waals surface area contributed by atoms with Crippen LogP contribution in [0.5, 0.6) is 0 Å². The van der Waals surface area contributed by atoms with Gasteiger partial charge >= 0.3 is 0 Å². The maximum absolute atomic E-state index is 12.1. The van der Waals surface area contributed by atoms with Crippen LogP contribution in [0.25, 0.3) is 5.57 Å². The van der Waals surface area contributed by atoms with Gasteiger partial charge in [0.25, 0.3) is 0 Å². The minimum absolute atomic E-state index is 0.279. The minimum atomic E-state index is 0.279. The lowest BCUT2D eigenvalue weighted by molar-refractivity contribution is -0.113. The average molecular weight is 227 g/mol. The molecule has 0 bridgehead atoms. The topological polar surface area (TPSA) is 20.3 Å². The Morgan fingerprint density at radius 3 is 2.59 bits per heavy atom. The third kappa shape index (κ3) is 1.68. The number of fused-ring (bicyclic) bond motifs is 1. The molecule has 0 aromatic heterocycles. The van der Waals surface area contributed by atoms with Gasteiger partial charge in [-0.3, -0.25) is 4.79 Å². The summed E-state index contributed by atoms with van der Waals surface area (Å²) in [5.41, 5.74) is 3.59. The summed E-state index contributed by atoms with van der Waals surface area (Å²) in [5, 5.41) is 0. The van der Waals surface area contributed by atoms with Crippen molar-refractivity contribution in [3.05, 3.63) is 41.6 Å². The fourth-order valence-electron chi connectivity index (χ4n) is 2.98. The third-order valence-corrected chi connectivity index (χ3v) is 3.61. The van der Waals surface area contributed by atoms with Crippen LogP contribution in [0.3, 0.4) is 0 Å². The maximum atomic E-state index is 12.1. The largest absolute Gasteiger partial charge is 0.366 e. The number of benzene rings is 1. The molecule has 2 aliphatic heterocycles. The van der Waals surface area contributed by atoms with Gasteiger partial charge in [0.2, 0.25) is 0 Å². The third-order valence-electron chi connectivity index (χ3n) is 3.61. The standard InChI is InChI=1S/C15H17NO/c1-15(2)8-12-14(11-6-4-3-5-7-11)13(17)9-16(12)10-15/h3-7H,8-10H2,1-2H3. The Kier molecular flexibility index (Phi) is 2.15. The first-order valence-corrected chi connectivity index (χ1v) is 6.14. The minimum Gasteiger partial charge on any atom is -0.366 e. The highest BCUT2D eigenvalue weighted by atomic mass is 16.1. The molecule has 17 heavy (non-hydrogen) atoms. The molecule has 0 amide bonds. The number of allylic oxidation sites excluding steroid dienone is 1. The first kappa shape index (κ1) is 10.6. The summed E-state index contributed by atoms with van der Waals surface area (Å²) in [4.78, 5) is 14.4. The summed E-state index contributed by atoms with van der Waals surface area (Å²) < 4.78 is 0. The smallest absolute Gasteiger partial charge is 0.184 e. The second kappa shape index (κ2) is 3.46. The van der Waals surface area contributed by atoms with Gasteiger partial charge in [0.1, 0.15) is 0 Å². The average Bonchev–Trinajstić information content (AvgIpc) is 2.69. The van der Waals surface area contributed by atoms with E-state index in [1.54, 1.807) is 0 Å². The van der Waals surface area contributed by atoms with Crippen LogP contribution in [0.4, 0.5) is 0 Å². The molecule has 2 heteroatoms. The molecule has 0 atom stereocenters. The molecular formula is C15H17NO. The van der Waals surface area contributed by atoms with Crippen LogP contribution in [0.2, 0.25) is 0 Å². The highest BCUT2D eigenvalue weighted by molar-refractivity contribution is 6.24. The van der Waals surface area contributed by atoms with E-state index in [4.69, 9.17) is 0 Å². The van der Waals surface area contributed by atoms with Crippen LogP contribution in [0, 0.1) is 5.41 Å². The van der Waals surface area contributed by atoms with Crippen molar-refractivity contribution < 1.29 is 4.79 Å². The Morgan fingerprint density at radius 1 is 1.18 bits per heavy atom. The Hall–Kier alpha value is -1.57. The van der Waals surface area contributed by atoms with Crippen LogP contribution in [0.1, 0.15) is 25.8 Å². The first-order valence-electron chi connectivity index (χ1n) is 6.14. The maximum Gasteiger partial charge on any atom is 0.184 e. The Bertz CT molecular complexity index is 499. The van der Waals surface area contributed by atoms with Crippen LogP contribution < -0.4 is 0 Å². The number of carbonyl (C=O) groups is 1. The van der Waals surface area contributed by atoms with E-state index in [2.05, 4.69) is 18.7 Å². The molecule has 0 unspecified atom stereocenters. The molecule has 1 fully saturated rings. The highest BCUT2D eigenvalue weighted by Crippen LogP contribution is 2.43. The fourth-order valence-corrected chi connectivity index (χ4v) is 2.98. The predicted molar refractivity (Wildman–Crippen MR) is 68.3 cm³/mol. The van der Waals surface area contributed by atoms with Crippen molar-refractivity contribution >= 4 is 11.4 Å². The van der Waals surface area contributed by atoms with Crippen molar-refractivity contribution in [3.8, 4) is 0 Å². The summed E-state index contributed by atoms with van der Waals surface area (Å²) >= 11 is 0. The molecule has 2 nitrogen and oxygen atoms in total. The van der Waals surface area contributed by atoms with Crippen molar-refractivity contribution in [2.45, 2.75) is 20.3 Å². The Labute approximate surface area is 102 Å². The van der Waals surface area contributed by atoms with E-state index in [1.807, 2.05) is 30.3 Å². The van der Waals surface area contributed by atoms with Gasteiger partial charge < -0.3 is 4.90 Å². The van der Waals surface area contributed by atoms with E-state index < -0.39 is 0 Å². The molecule has 0 saturated carbocycles. The number of rotatable bonds is 1. The monoisotopic (exact) mass is 227 g/mol. The molecule has 1 aromatic carbocycles. The second-order valence-electron chi connectivity index (χ2n) is 5.81.